The Hall–Kier alpha value is -2.88. The predicted molar refractivity (Wildman–Crippen MR) is 135 cm³/mol. The largest absolute Gasteiger partial charge is 0.489 e. The minimum atomic E-state index is -0.325. The van der Waals surface area contributed by atoms with E-state index in [9.17, 15) is 4.39 Å². The molecule has 0 spiro atoms. The molecule has 1 N–H and O–H groups in total. The molecule has 2 aromatic carbocycles. The number of likely N-dealkylation sites (tertiary alicyclic amines) is 1. The summed E-state index contributed by atoms with van der Waals surface area (Å²) in [6.07, 6.45) is 7.14. The lowest BCUT2D eigenvalue weighted by molar-refractivity contribution is 0.116. The Morgan fingerprint density at radius 3 is 2.65 bits per heavy atom. The van der Waals surface area contributed by atoms with Crippen molar-refractivity contribution < 1.29 is 9.13 Å². The van der Waals surface area contributed by atoms with E-state index in [1.165, 1.54) is 24.2 Å². The SMILES string of the molecule is CN1CCC(Oc2cccc3ncnc(Nc4ccc(Sc5nccn5C)c(F)c4)c23)CC1.Cl. The summed E-state index contributed by atoms with van der Waals surface area (Å²) in [7, 11) is 4.01. The summed E-state index contributed by atoms with van der Waals surface area (Å²) in [5, 5.41) is 4.79. The van der Waals surface area contributed by atoms with Crippen LogP contribution in [0, 0.1) is 5.82 Å². The van der Waals surface area contributed by atoms with Crippen LogP contribution in [0.2, 0.25) is 0 Å². The second-order valence-corrected chi connectivity index (χ2v) is 9.20. The lowest BCUT2D eigenvalue weighted by atomic mass is 10.1. The number of anilines is 2. The molecule has 178 valence electrons. The van der Waals surface area contributed by atoms with E-state index in [4.69, 9.17) is 4.74 Å². The van der Waals surface area contributed by atoms with Crippen molar-refractivity contribution in [3.05, 3.63) is 60.9 Å². The molecule has 0 amide bonds. The number of ether oxygens (including phenoxy) is 1. The first kappa shape index (κ1) is 24.3. The van der Waals surface area contributed by atoms with Gasteiger partial charge in [-0.2, -0.15) is 0 Å². The number of hydrogen-bond acceptors (Lipinski definition) is 7. The molecule has 1 fully saturated rings. The number of nitrogens with zero attached hydrogens (tertiary/aromatic N) is 5. The Labute approximate surface area is 208 Å². The van der Waals surface area contributed by atoms with Crippen molar-refractivity contribution in [2.75, 3.05) is 25.5 Å². The maximum atomic E-state index is 14.9. The molecule has 3 heterocycles. The number of imidazole rings is 1. The van der Waals surface area contributed by atoms with Gasteiger partial charge in [0.25, 0.3) is 0 Å². The lowest BCUT2D eigenvalue weighted by Gasteiger charge is -2.29. The summed E-state index contributed by atoms with van der Waals surface area (Å²) >= 11 is 1.29. The van der Waals surface area contributed by atoms with E-state index >= 15 is 0 Å². The smallest absolute Gasteiger partial charge is 0.172 e. The molecule has 0 saturated carbocycles. The fourth-order valence-electron chi connectivity index (χ4n) is 3.90. The average molecular weight is 501 g/mol. The minimum absolute atomic E-state index is 0. The number of fused-ring (bicyclic) bond motifs is 1. The third-order valence-corrected chi connectivity index (χ3v) is 6.88. The van der Waals surface area contributed by atoms with E-state index in [2.05, 4.69) is 32.2 Å². The van der Waals surface area contributed by atoms with Crippen molar-refractivity contribution in [2.24, 2.45) is 7.05 Å². The maximum absolute atomic E-state index is 14.9. The van der Waals surface area contributed by atoms with Gasteiger partial charge < -0.3 is 19.5 Å². The van der Waals surface area contributed by atoms with Gasteiger partial charge in [0, 0.05) is 38.2 Å². The number of halogens is 2. The van der Waals surface area contributed by atoms with E-state index in [-0.39, 0.29) is 24.3 Å². The second kappa shape index (κ2) is 10.6. The van der Waals surface area contributed by atoms with E-state index in [1.54, 1.807) is 12.3 Å². The standard InChI is InChI=1S/C24H25FN6OS.ClH/c1-30-11-8-17(9-12-30)32-20-5-3-4-19-22(20)23(28-15-27-19)29-16-6-7-21(18(25)14-16)33-24-26-10-13-31(24)2;/h3-7,10,13-15,17H,8-9,11-12H2,1-2H3,(H,27,28,29);1H. The van der Waals surface area contributed by atoms with Crippen molar-refractivity contribution in [2.45, 2.75) is 29.0 Å². The number of aryl methyl sites for hydroxylation is 1. The van der Waals surface area contributed by atoms with E-state index in [1.807, 2.05) is 42.1 Å². The van der Waals surface area contributed by atoms with Crippen LogP contribution in [0.5, 0.6) is 5.75 Å². The molecule has 4 aromatic rings. The van der Waals surface area contributed by atoms with E-state index in [0.29, 0.717) is 16.4 Å². The first-order valence-electron chi connectivity index (χ1n) is 10.9. The highest BCUT2D eigenvalue weighted by Gasteiger charge is 2.20. The number of aromatic nitrogens is 4. The van der Waals surface area contributed by atoms with Gasteiger partial charge in [0.05, 0.1) is 15.8 Å². The molecule has 0 radical (unpaired) electrons. The van der Waals surface area contributed by atoms with Crippen molar-refractivity contribution in [1.82, 2.24) is 24.4 Å². The quantitative estimate of drug-likeness (QED) is 0.385. The van der Waals surface area contributed by atoms with Gasteiger partial charge >= 0.3 is 0 Å². The molecular weight excluding hydrogens is 475 g/mol. The summed E-state index contributed by atoms with van der Waals surface area (Å²) < 4.78 is 23.1. The highest BCUT2D eigenvalue weighted by Crippen LogP contribution is 2.35. The van der Waals surface area contributed by atoms with Gasteiger partial charge in [-0.15, -0.1) is 12.4 Å². The summed E-state index contributed by atoms with van der Waals surface area (Å²) in [4.78, 5) is 15.9. The molecule has 0 unspecified atom stereocenters. The van der Waals surface area contributed by atoms with Gasteiger partial charge in [0.1, 0.15) is 29.8 Å². The Balaban J connectivity index is 0.00000274. The van der Waals surface area contributed by atoms with Crippen molar-refractivity contribution in [1.29, 1.82) is 0 Å². The van der Waals surface area contributed by atoms with Gasteiger partial charge in [-0.25, -0.2) is 19.3 Å². The molecule has 10 heteroatoms. The van der Waals surface area contributed by atoms with Crippen molar-refractivity contribution >= 4 is 46.6 Å². The third-order valence-electron chi connectivity index (χ3n) is 5.76. The number of nitrogens with one attached hydrogen (secondary N) is 1. The summed E-state index contributed by atoms with van der Waals surface area (Å²) in [5.74, 6) is 1.01. The molecule has 34 heavy (non-hydrogen) atoms. The van der Waals surface area contributed by atoms with Crippen molar-refractivity contribution in [3.8, 4) is 5.75 Å². The second-order valence-electron chi connectivity index (χ2n) is 8.19. The number of hydrogen-bond donors (Lipinski definition) is 1. The zero-order chi connectivity index (χ0) is 22.8. The predicted octanol–water partition coefficient (Wildman–Crippen LogP) is 5.29. The van der Waals surface area contributed by atoms with Crippen LogP contribution in [-0.4, -0.2) is 50.7 Å². The van der Waals surface area contributed by atoms with Crippen LogP contribution in [-0.2, 0) is 7.05 Å². The molecule has 0 bridgehead atoms. The Kier molecular flexibility index (Phi) is 7.55. The molecule has 0 aliphatic carbocycles. The van der Waals surface area contributed by atoms with Crippen LogP contribution in [0.4, 0.5) is 15.9 Å². The third kappa shape index (κ3) is 5.27. The molecule has 1 aliphatic rings. The Bertz CT molecular complexity index is 1270. The minimum Gasteiger partial charge on any atom is -0.489 e. The van der Waals surface area contributed by atoms with E-state index in [0.717, 1.165) is 47.7 Å². The molecule has 2 aromatic heterocycles. The highest BCUT2D eigenvalue weighted by molar-refractivity contribution is 7.99. The molecular formula is C24H26ClFN6OS. The van der Waals surface area contributed by atoms with Crippen molar-refractivity contribution in [3.63, 3.8) is 0 Å². The monoisotopic (exact) mass is 500 g/mol. The normalized spacial score (nSPS) is 14.7. The Morgan fingerprint density at radius 2 is 1.91 bits per heavy atom. The molecule has 1 aliphatic heterocycles. The average Bonchev–Trinajstić information content (AvgIpc) is 3.22. The molecule has 5 rings (SSSR count). The van der Waals surface area contributed by atoms with E-state index < -0.39 is 0 Å². The number of rotatable bonds is 6. The topological polar surface area (TPSA) is 68.1 Å². The van der Waals surface area contributed by atoms with Gasteiger partial charge in [-0.1, -0.05) is 6.07 Å². The first-order valence-corrected chi connectivity index (χ1v) is 11.7. The first-order chi connectivity index (χ1) is 16.1. The van der Waals surface area contributed by atoms with Gasteiger partial charge in [-0.3, -0.25) is 0 Å². The number of benzene rings is 2. The van der Waals surface area contributed by atoms with Crippen LogP contribution in [0.1, 0.15) is 12.8 Å². The van der Waals surface area contributed by atoms with Crippen LogP contribution in [0.3, 0.4) is 0 Å². The molecule has 7 nitrogen and oxygen atoms in total. The summed E-state index contributed by atoms with van der Waals surface area (Å²) in [5.41, 5.74) is 1.38. The van der Waals surface area contributed by atoms with Gasteiger partial charge in [-0.05, 0) is 62.0 Å². The molecule has 1 saturated heterocycles. The van der Waals surface area contributed by atoms with Crippen LogP contribution < -0.4 is 10.1 Å². The summed E-state index contributed by atoms with van der Waals surface area (Å²) in [6.45, 7) is 2.03. The molecule has 0 atom stereocenters. The fourth-order valence-corrected chi connectivity index (χ4v) is 4.71. The zero-order valence-corrected chi connectivity index (χ0v) is 20.6. The zero-order valence-electron chi connectivity index (χ0n) is 18.9. The lowest BCUT2D eigenvalue weighted by Crippen LogP contribution is -2.35. The maximum Gasteiger partial charge on any atom is 0.172 e. The highest BCUT2D eigenvalue weighted by atomic mass is 35.5. The van der Waals surface area contributed by atoms with Gasteiger partial charge in [0.2, 0.25) is 0 Å². The fraction of sp³-hybridized carbons (Fsp3) is 0.292. The Morgan fingerprint density at radius 1 is 1.09 bits per heavy atom. The van der Waals surface area contributed by atoms with Crippen LogP contribution in [0.15, 0.2) is 65.2 Å². The summed E-state index contributed by atoms with van der Waals surface area (Å²) in [6, 6.07) is 10.9. The van der Waals surface area contributed by atoms with Crippen LogP contribution in [0.25, 0.3) is 10.9 Å². The van der Waals surface area contributed by atoms with Crippen LogP contribution >= 0.6 is 24.2 Å². The number of piperidine rings is 1. The van der Waals surface area contributed by atoms with Gasteiger partial charge in [0.15, 0.2) is 5.16 Å².